The lowest BCUT2D eigenvalue weighted by Gasteiger charge is -2.32. The average Bonchev–Trinajstić information content (AvgIpc) is 2.52. The minimum absolute atomic E-state index is 0.0636. The van der Waals surface area contributed by atoms with E-state index in [9.17, 15) is 4.79 Å². The summed E-state index contributed by atoms with van der Waals surface area (Å²) in [6.07, 6.45) is -0.352. The molecule has 5 nitrogen and oxygen atoms in total. The molecule has 1 heterocycles. The Morgan fingerprint density at radius 2 is 1.73 bits per heavy atom. The number of nitrogens with one attached hydrogen (secondary N) is 4. The molecule has 4 N–H and O–H groups in total. The number of amides is 1. The summed E-state index contributed by atoms with van der Waals surface area (Å²) in [5.41, 5.74) is 10.5. The Balaban J connectivity index is 1.65. The highest BCUT2D eigenvalue weighted by atomic mass is 16.2. The zero-order valence-electron chi connectivity index (χ0n) is 12.7. The molecular formula is C17H20N4O. The SMILES string of the molecule is Cc1ccc(NC2NNC(c3ccccc3)C(=O)N2)cc1C. The van der Waals surface area contributed by atoms with Crippen molar-refractivity contribution >= 4 is 11.6 Å². The van der Waals surface area contributed by atoms with Crippen molar-refractivity contribution in [2.45, 2.75) is 26.2 Å². The molecule has 5 heteroatoms. The molecule has 3 rings (SSSR count). The molecule has 0 spiro atoms. The zero-order chi connectivity index (χ0) is 15.5. The van der Waals surface area contributed by atoms with E-state index in [-0.39, 0.29) is 18.2 Å². The molecule has 22 heavy (non-hydrogen) atoms. The smallest absolute Gasteiger partial charge is 0.245 e. The predicted octanol–water partition coefficient (Wildman–Crippen LogP) is 1.96. The van der Waals surface area contributed by atoms with Crippen molar-refractivity contribution < 1.29 is 4.79 Å². The summed E-state index contributed by atoms with van der Waals surface area (Å²) in [5.74, 6) is -0.0636. The molecule has 1 aliphatic heterocycles. The quantitative estimate of drug-likeness (QED) is 0.699. The van der Waals surface area contributed by atoms with Crippen LogP contribution in [0.1, 0.15) is 22.7 Å². The minimum atomic E-state index is -0.390. The molecular weight excluding hydrogens is 276 g/mol. The fraction of sp³-hybridized carbons (Fsp3) is 0.235. The maximum atomic E-state index is 12.3. The largest absolute Gasteiger partial charge is 0.352 e. The minimum Gasteiger partial charge on any atom is -0.352 e. The monoisotopic (exact) mass is 296 g/mol. The summed E-state index contributed by atoms with van der Waals surface area (Å²) in [6, 6.07) is 15.4. The van der Waals surface area contributed by atoms with Crippen molar-refractivity contribution in [3.8, 4) is 0 Å². The first-order valence-corrected chi connectivity index (χ1v) is 7.33. The molecule has 0 aromatic heterocycles. The van der Waals surface area contributed by atoms with Gasteiger partial charge in [-0.1, -0.05) is 36.4 Å². The standard InChI is InChI=1S/C17H20N4O/c1-11-8-9-14(10-12(11)2)18-17-19-16(22)15(20-21-17)13-6-4-3-5-7-13/h3-10,15,17-18,20-21H,1-2H3,(H,19,22). The normalized spacial score (nSPS) is 21.3. The van der Waals surface area contributed by atoms with Crippen LogP contribution in [-0.2, 0) is 4.79 Å². The van der Waals surface area contributed by atoms with Gasteiger partial charge in [0.25, 0.3) is 0 Å². The maximum Gasteiger partial charge on any atom is 0.245 e. The average molecular weight is 296 g/mol. The summed E-state index contributed by atoms with van der Waals surface area (Å²) in [5, 5.41) is 6.17. The van der Waals surface area contributed by atoms with Gasteiger partial charge in [0, 0.05) is 5.69 Å². The third-order valence-corrected chi connectivity index (χ3v) is 3.87. The number of hydrazine groups is 1. The molecule has 2 aromatic carbocycles. The predicted molar refractivity (Wildman–Crippen MR) is 86.9 cm³/mol. The Kier molecular flexibility index (Phi) is 4.09. The molecule has 2 aromatic rings. The molecule has 1 aliphatic rings. The van der Waals surface area contributed by atoms with Crippen LogP contribution in [0, 0.1) is 13.8 Å². The van der Waals surface area contributed by atoms with Crippen LogP contribution in [0.5, 0.6) is 0 Å². The van der Waals surface area contributed by atoms with Gasteiger partial charge in [0.1, 0.15) is 6.04 Å². The molecule has 0 aliphatic carbocycles. The third-order valence-electron chi connectivity index (χ3n) is 3.87. The lowest BCUT2D eigenvalue weighted by Crippen LogP contribution is -2.64. The molecule has 0 saturated carbocycles. The lowest BCUT2D eigenvalue weighted by molar-refractivity contribution is -0.126. The van der Waals surface area contributed by atoms with E-state index in [0.717, 1.165) is 11.3 Å². The van der Waals surface area contributed by atoms with Crippen LogP contribution in [0.3, 0.4) is 0 Å². The number of aryl methyl sites for hydroxylation is 2. The number of hydrogen-bond donors (Lipinski definition) is 4. The Labute approximate surface area is 130 Å². The van der Waals surface area contributed by atoms with Gasteiger partial charge in [0.2, 0.25) is 5.91 Å². The van der Waals surface area contributed by atoms with E-state index in [0.29, 0.717) is 0 Å². The van der Waals surface area contributed by atoms with E-state index in [2.05, 4.69) is 47.5 Å². The van der Waals surface area contributed by atoms with Crippen molar-refractivity contribution in [3.63, 3.8) is 0 Å². The van der Waals surface area contributed by atoms with Gasteiger partial charge in [0.15, 0.2) is 6.29 Å². The van der Waals surface area contributed by atoms with E-state index in [1.165, 1.54) is 11.1 Å². The van der Waals surface area contributed by atoms with Gasteiger partial charge < -0.3 is 10.6 Å². The van der Waals surface area contributed by atoms with Crippen LogP contribution < -0.4 is 21.5 Å². The van der Waals surface area contributed by atoms with Gasteiger partial charge in [-0.25, -0.2) is 10.9 Å². The van der Waals surface area contributed by atoms with Crippen molar-refractivity contribution in [1.82, 2.24) is 16.2 Å². The van der Waals surface area contributed by atoms with Gasteiger partial charge >= 0.3 is 0 Å². The number of benzene rings is 2. The van der Waals surface area contributed by atoms with Crippen LogP contribution in [-0.4, -0.2) is 12.2 Å². The number of carbonyl (C=O) groups excluding carboxylic acids is 1. The molecule has 2 unspecified atom stereocenters. The summed E-state index contributed by atoms with van der Waals surface area (Å²) < 4.78 is 0. The Hall–Kier alpha value is -2.37. The molecule has 0 radical (unpaired) electrons. The van der Waals surface area contributed by atoms with Crippen LogP contribution in [0.25, 0.3) is 0 Å². The van der Waals surface area contributed by atoms with E-state index < -0.39 is 0 Å². The van der Waals surface area contributed by atoms with Crippen LogP contribution >= 0.6 is 0 Å². The first-order chi connectivity index (χ1) is 10.6. The molecule has 2 atom stereocenters. The number of carbonyl (C=O) groups is 1. The lowest BCUT2D eigenvalue weighted by atomic mass is 10.1. The molecule has 1 saturated heterocycles. The second kappa shape index (κ2) is 6.17. The van der Waals surface area contributed by atoms with Crippen molar-refractivity contribution in [2.24, 2.45) is 0 Å². The number of anilines is 1. The third kappa shape index (κ3) is 3.10. The summed E-state index contributed by atoms with van der Waals surface area (Å²) >= 11 is 0. The van der Waals surface area contributed by atoms with Crippen molar-refractivity contribution in [1.29, 1.82) is 0 Å². The van der Waals surface area contributed by atoms with Crippen molar-refractivity contribution in [2.75, 3.05) is 5.32 Å². The highest BCUT2D eigenvalue weighted by Crippen LogP contribution is 2.17. The van der Waals surface area contributed by atoms with Gasteiger partial charge in [-0.15, -0.1) is 0 Å². The number of rotatable bonds is 3. The Morgan fingerprint density at radius 3 is 2.41 bits per heavy atom. The Bertz CT molecular complexity index is 672. The topological polar surface area (TPSA) is 65.2 Å². The second-order valence-electron chi connectivity index (χ2n) is 5.52. The van der Waals surface area contributed by atoms with Gasteiger partial charge in [-0.05, 0) is 42.7 Å². The van der Waals surface area contributed by atoms with Crippen molar-refractivity contribution in [3.05, 3.63) is 65.2 Å². The Morgan fingerprint density at radius 1 is 0.955 bits per heavy atom. The molecule has 0 bridgehead atoms. The van der Waals surface area contributed by atoms with E-state index in [1.54, 1.807) is 0 Å². The fourth-order valence-corrected chi connectivity index (χ4v) is 2.44. The van der Waals surface area contributed by atoms with E-state index in [4.69, 9.17) is 0 Å². The highest BCUT2D eigenvalue weighted by molar-refractivity contribution is 5.84. The van der Waals surface area contributed by atoms with Gasteiger partial charge in [-0.3, -0.25) is 4.79 Å². The van der Waals surface area contributed by atoms with Gasteiger partial charge in [-0.2, -0.15) is 0 Å². The second-order valence-corrected chi connectivity index (χ2v) is 5.52. The van der Waals surface area contributed by atoms with E-state index in [1.807, 2.05) is 36.4 Å². The van der Waals surface area contributed by atoms with Gasteiger partial charge in [0.05, 0.1) is 0 Å². The molecule has 1 fully saturated rings. The maximum absolute atomic E-state index is 12.3. The van der Waals surface area contributed by atoms with Crippen LogP contribution in [0.2, 0.25) is 0 Å². The van der Waals surface area contributed by atoms with Crippen LogP contribution in [0.15, 0.2) is 48.5 Å². The summed E-state index contributed by atoms with van der Waals surface area (Å²) in [4.78, 5) is 12.3. The number of hydrogen-bond acceptors (Lipinski definition) is 4. The fourth-order valence-electron chi connectivity index (χ4n) is 2.44. The molecule has 1 amide bonds. The molecule has 114 valence electrons. The highest BCUT2D eigenvalue weighted by Gasteiger charge is 2.28. The first kappa shape index (κ1) is 14.6. The summed E-state index contributed by atoms with van der Waals surface area (Å²) in [7, 11) is 0. The summed E-state index contributed by atoms with van der Waals surface area (Å²) in [6.45, 7) is 4.14. The van der Waals surface area contributed by atoms with Crippen LogP contribution in [0.4, 0.5) is 5.69 Å². The zero-order valence-corrected chi connectivity index (χ0v) is 12.7. The first-order valence-electron chi connectivity index (χ1n) is 7.33. The van der Waals surface area contributed by atoms with E-state index >= 15 is 0 Å².